The minimum atomic E-state index is -0.592. The summed E-state index contributed by atoms with van der Waals surface area (Å²) < 4.78 is 2.95. The van der Waals surface area contributed by atoms with Crippen molar-refractivity contribution in [2.24, 2.45) is 21.7 Å². The predicted molar refractivity (Wildman–Crippen MR) is 223 cm³/mol. The molecule has 8 rings (SSSR count). The number of amides is 2. The van der Waals surface area contributed by atoms with Gasteiger partial charge in [-0.2, -0.15) is 24.7 Å². The van der Waals surface area contributed by atoms with Gasteiger partial charge in [0.1, 0.15) is 17.1 Å². The molecule has 0 aliphatic carbocycles. The highest BCUT2D eigenvalue weighted by Crippen LogP contribution is 2.39. The Kier molecular flexibility index (Phi) is 9.77. The summed E-state index contributed by atoms with van der Waals surface area (Å²) in [4.78, 5) is 33.5. The smallest absolute Gasteiger partial charge is 0.248 e. The zero-order chi connectivity index (χ0) is 40.2. The van der Waals surface area contributed by atoms with Gasteiger partial charge in [0.15, 0.2) is 34.8 Å². The van der Waals surface area contributed by atoms with Crippen LogP contribution in [0.25, 0.3) is 45.5 Å². The Bertz CT molecular complexity index is 2820. The Morgan fingerprint density at radius 3 is 1.69 bits per heavy atom. The second-order valence-electron chi connectivity index (χ2n) is 12.8. The average Bonchev–Trinajstić information content (AvgIpc) is 3.78. The van der Waals surface area contributed by atoms with E-state index in [-0.39, 0.29) is 28.7 Å². The maximum absolute atomic E-state index is 11.9. The van der Waals surface area contributed by atoms with Crippen LogP contribution in [0.1, 0.15) is 20.7 Å². The Balaban J connectivity index is 1.28. The monoisotopic (exact) mass is 766 g/mol. The van der Waals surface area contributed by atoms with Crippen molar-refractivity contribution in [1.29, 1.82) is 0 Å². The number of hydrazine groups is 1. The lowest BCUT2D eigenvalue weighted by Crippen LogP contribution is -2.14. The number of carbonyl (C=O) groups excluding carboxylic acids is 2. The molecule has 0 saturated carbocycles. The molecule has 0 aliphatic rings. The molecule has 16 heteroatoms. The molecule has 0 atom stereocenters. The number of primary amides is 2. The predicted octanol–water partition coefficient (Wildman–Crippen LogP) is 7.07. The van der Waals surface area contributed by atoms with Crippen molar-refractivity contribution >= 4 is 46.2 Å². The highest BCUT2D eigenvalue weighted by atomic mass is 16.1. The number of aromatic nitrogens is 6. The lowest BCUT2D eigenvalue weighted by Gasteiger charge is -2.12. The molecule has 0 bridgehead atoms. The number of benzene rings is 5. The van der Waals surface area contributed by atoms with E-state index >= 15 is 0 Å². The first-order valence-corrected chi connectivity index (χ1v) is 17.8. The van der Waals surface area contributed by atoms with Gasteiger partial charge in [-0.1, -0.05) is 103 Å². The molecular formula is C42H34N14O2. The van der Waals surface area contributed by atoms with Crippen LogP contribution in [0.2, 0.25) is 0 Å². The fourth-order valence-electron chi connectivity index (χ4n) is 6.08. The fourth-order valence-corrected chi connectivity index (χ4v) is 6.08. The van der Waals surface area contributed by atoms with E-state index in [0.29, 0.717) is 51.2 Å². The molecule has 0 radical (unpaired) electrons. The van der Waals surface area contributed by atoms with Crippen LogP contribution in [0.15, 0.2) is 156 Å². The molecule has 16 nitrogen and oxygen atoms in total. The summed E-state index contributed by atoms with van der Waals surface area (Å²) >= 11 is 0. The molecule has 3 heterocycles. The highest BCUT2D eigenvalue weighted by Gasteiger charge is 2.24. The Labute approximate surface area is 330 Å². The molecule has 10 N–H and O–H groups in total. The van der Waals surface area contributed by atoms with Crippen LogP contribution in [-0.4, -0.2) is 41.3 Å². The third-order valence-electron chi connectivity index (χ3n) is 8.95. The van der Waals surface area contributed by atoms with E-state index in [0.717, 1.165) is 11.1 Å². The van der Waals surface area contributed by atoms with Gasteiger partial charge in [0, 0.05) is 33.9 Å². The second kappa shape index (κ2) is 15.6. The van der Waals surface area contributed by atoms with Crippen LogP contribution in [0, 0.1) is 0 Å². The Morgan fingerprint density at radius 1 is 0.534 bits per heavy atom. The quantitative estimate of drug-likeness (QED) is 0.0545. The van der Waals surface area contributed by atoms with Crippen LogP contribution in [0.4, 0.5) is 34.4 Å². The summed E-state index contributed by atoms with van der Waals surface area (Å²) in [6.07, 6.45) is 0. The molecule has 0 unspecified atom stereocenters. The summed E-state index contributed by atoms with van der Waals surface area (Å²) in [5.74, 6) is 0.0859. The molecule has 5 aromatic carbocycles. The van der Waals surface area contributed by atoms with E-state index < -0.39 is 11.8 Å². The number of carbonyl (C=O) groups is 2. The average molecular weight is 767 g/mol. The molecular weight excluding hydrogens is 733 g/mol. The topological polar surface area (TPSA) is 248 Å². The zero-order valence-electron chi connectivity index (χ0n) is 30.6. The van der Waals surface area contributed by atoms with E-state index in [4.69, 9.17) is 43.1 Å². The SMILES string of the molecule is NC(=O)c1cccc(N=Nc2c(-c3ccccc3)nn(-c3cc(-n4nc(-c5ccccc5)c(NNc5cccc(C(N)=O)c5)c4N)nc(-c4ccccc4)n3)c2N)c1. The van der Waals surface area contributed by atoms with E-state index in [1.807, 2.05) is 91.0 Å². The summed E-state index contributed by atoms with van der Waals surface area (Å²) in [7, 11) is 0. The number of nitrogens with zero attached hydrogens (tertiary/aromatic N) is 8. The molecule has 8 aromatic rings. The number of nitrogens with two attached hydrogens (primary N) is 4. The van der Waals surface area contributed by atoms with E-state index in [2.05, 4.69) is 21.1 Å². The summed E-state index contributed by atoms with van der Waals surface area (Å²) in [6, 6.07) is 43.1. The molecule has 58 heavy (non-hydrogen) atoms. The van der Waals surface area contributed by atoms with Gasteiger partial charge in [-0.05, 0) is 36.4 Å². The van der Waals surface area contributed by atoms with Gasteiger partial charge in [0.25, 0.3) is 0 Å². The lowest BCUT2D eigenvalue weighted by atomic mass is 10.1. The maximum atomic E-state index is 11.9. The molecule has 3 aromatic heterocycles. The minimum absolute atomic E-state index is 0.125. The minimum Gasteiger partial charge on any atom is -0.382 e. The number of nitrogens with one attached hydrogen (secondary N) is 2. The molecule has 2 amide bonds. The summed E-state index contributed by atoms with van der Waals surface area (Å²) in [5, 5.41) is 18.8. The van der Waals surface area contributed by atoms with Crippen LogP contribution in [-0.2, 0) is 0 Å². The Hall–Kier alpha value is -8.66. The summed E-state index contributed by atoms with van der Waals surface area (Å²) in [5.41, 5.74) is 36.5. The number of nitrogen functional groups attached to an aromatic ring is 2. The summed E-state index contributed by atoms with van der Waals surface area (Å²) in [6.45, 7) is 0. The largest absolute Gasteiger partial charge is 0.382 e. The van der Waals surface area contributed by atoms with Crippen LogP contribution >= 0.6 is 0 Å². The second-order valence-corrected chi connectivity index (χ2v) is 12.8. The first-order valence-electron chi connectivity index (χ1n) is 17.8. The number of azo groups is 1. The number of hydrogen-bond donors (Lipinski definition) is 6. The van der Waals surface area contributed by atoms with Gasteiger partial charge in [-0.15, -0.1) is 5.11 Å². The molecule has 0 fully saturated rings. The van der Waals surface area contributed by atoms with Gasteiger partial charge in [0.05, 0.1) is 11.4 Å². The van der Waals surface area contributed by atoms with Gasteiger partial charge in [0.2, 0.25) is 11.8 Å². The molecule has 0 saturated heterocycles. The van der Waals surface area contributed by atoms with Crippen molar-refractivity contribution in [1.82, 2.24) is 29.5 Å². The van der Waals surface area contributed by atoms with E-state index in [1.165, 1.54) is 15.4 Å². The van der Waals surface area contributed by atoms with Crippen molar-refractivity contribution in [3.05, 3.63) is 157 Å². The van der Waals surface area contributed by atoms with Crippen molar-refractivity contribution in [2.75, 3.05) is 22.3 Å². The van der Waals surface area contributed by atoms with E-state index in [1.54, 1.807) is 48.5 Å². The zero-order valence-corrected chi connectivity index (χ0v) is 30.6. The van der Waals surface area contributed by atoms with Crippen LogP contribution < -0.4 is 33.8 Å². The molecule has 0 aliphatic heterocycles. The first-order chi connectivity index (χ1) is 28.2. The number of anilines is 4. The third kappa shape index (κ3) is 7.38. The normalized spacial score (nSPS) is 11.1. The van der Waals surface area contributed by atoms with Crippen LogP contribution in [0.5, 0.6) is 0 Å². The first kappa shape index (κ1) is 36.3. The number of rotatable bonds is 12. The van der Waals surface area contributed by atoms with Crippen molar-refractivity contribution in [3.63, 3.8) is 0 Å². The molecule has 0 spiro atoms. The van der Waals surface area contributed by atoms with E-state index in [9.17, 15) is 9.59 Å². The van der Waals surface area contributed by atoms with Gasteiger partial charge in [-0.25, -0.2) is 9.97 Å². The van der Waals surface area contributed by atoms with Gasteiger partial charge < -0.3 is 28.4 Å². The number of hydrogen-bond acceptors (Lipinski definition) is 12. The van der Waals surface area contributed by atoms with Gasteiger partial charge >= 0.3 is 0 Å². The maximum Gasteiger partial charge on any atom is 0.248 e. The lowest BCUT2D eigenvalue weighted by molar-refractivity contribution is 0.0992. The van der Waals surface area contributed by atoms with Gasteiger partial charge in [-0.3, -0.25) is 15.0 Å². The Morgan fingerprint density at radius 2 is 1.07 bits per heavy atom. The van der Waals surface area contributed by atoms with Crippen LogP contribution in [0.3, 0.4) is 0 Å². The molecule has 284 valence electrons. The highest BCUT2D eigenvalue weighted by molar-refractivity contribution is 5.94. The van der Waals surface area contributed by atoms with Crippen molar-refractivity contribution in [2.45, 2.75) is 0 Å². The standard InChI is InChI=1S/C42H34N14O2/c43-38-36(51-49-30-20-10-18-28(22-30)40(45)57)34(25-12-4-1-5-13-25)53-55(38)32-24-33(48-42(47-32)27-16-8-3-9-17-27)56-39(44)37(35(54-56)26-14-6-2-7-15-26)52-50-31-21-11-19-29(23-31)41(46)58/h1-24,49,51H,43-44H2,(H2,45,57)(H2,46,58). The third-order valence-corrected chi connectivity index (χ3v) is 8.95. The van der Waals surface area contributed by atoms with Crippen molar-refractivity contribution < 1.29 is 9.59 Å². The van der Waals surface area contributed by atoms with Crippen molar-refractivity contribution in [3.8, 4) is 45.5 Å². The fraction of sp³-hybridized carbons (Fsp3) is 0.